The molecule has 1 aliphatic rings. The van der Waals surface area contributed by atoms with Crippen molar-refractivity contribution in [2.75, 3.05) is 5.73 Å². The second kappa shape index (κ2) is 4.16. The maximum absolute atomic E-state index is 6.11. The van der Waals surface area contributed by atoms with E-state index in [2.05, 4.69) is 24.2 Å². The van der Waals surface area contributed by atoms with Crippen LogP contribution < -0.4 is 5.73 Å². The molecule has 0 saturated heterocycles. The zero-order valence-corrected chi connectivity index (χ0v) is 11.0. The Morgan fingerprint density at radius 1 is 1.11 bits per heavy atom. The van der Waals surface area contributed by atoms with Gasteiger partial charge in [0.1, 0.15) is 5.82 Å². The molecule has 1 aromatic carbocycles. The fourth-order valence-electron chi connectivity index (χ4n) is 2.95. The van der Waals surface area contributed by atoms with Gasteiger partial charge in [-0.15, -0.1) is 0 Å². The second-order valence-electron chi connectivity index (χ2n) is 5.16. The lowest BCUT2D eigenvalue weighted by molar-refractivity contribution is 0.683. The second-order valence-corrected chi connectivity index (χ2v) is 5.16. The lowest BCUT2D eigenvalue weighted by Crippen LogP contribution is -2.07. The average Bonchev–Trinajstić information content (AvgIpc) is 2.71. The van der Waals surface area contributed by atoms with Crippen LogP contribution >= 0.6 is 0 Å². The van der Waals surface area contributed by atoms with Gasteiger partial charge in [-0.05, 0) is 54.9 Å². The highest BCUT2D eigenvalue weighted by molar-refractivity contribution is 5.77. The maximum Gasteiger partial charge on any atom is 0.129 e. The lowest BCUT2D eigenvalue weighted by Gasteiger charge is -2.21. The number of anilines is 1. The SMILES string of the molecule is Cc1ccc(-c2cnn(C)c2N)c2c1CCCC2. The van der Waals surface area contributed by atoms with E-state index in [9.17, 15) is 0 Å². The van der Waals surface area contributed by atoms with Crippen molar-refractivity contribution in [3.8, 4) is 11.1 Å². The number of fused-ring (bicyclic) bond motifs is 1. The fourth-order valence-corrected chi connectivity index (χ4v) is 2.95. The zero-order valence-electron chi connectivity index (χ0n) is 11.0. The van der Waals surface area contributed by atoms with Crippen molar-refractivity contribution in [1.82, 2.24) is 9.78 Å². The number of aryl methyl sites for hydroxylation is 2. The Morgan fingerprint density at radius 2 is 1.83 bits per heavy atom. The Morgan fingerprint density at radius 3 is 2.50 bits per heavy atom. The number of rotatable bonds is 1. The number of nitrogen functional groups attached to an aromatic ring is 1. The predicted octanol–water partition coefficient (Wildman–Crippen LogP) is 2.86. The van der Waals surface area contributed by atoms with E-state index in [1.807, 2.05) is 13.2 Å². The van der Waals surface area contributed by atoms with Crippen LogP contribution in [0.4, 0.5) is 5.82 Å². The molecule has 2 aromatic rings. The van der Waals surface area contributed by atoms with Gasteiger partial charge >= 0.3 is 0 Å². The summed E-state index contributed by atoms with van der Waals surface area (Å²) in [5.41, 5.74) is 12.9. The van der Waals surface area contributed by atoms with Crippen LogP contribution in [0.5, 0.6) is 0 Å². The van der Waals surface area contributed by atoms with Crippen molar-refractivity contribution < 1.29 is 0 Å². The Labute approximate surface area is 108 Å². The van der Waals surface area contributed by atoms with Gasteiger partial charge in [-0.2, -0.15) is 5.10 Å². The highest BCUT2D eigenvalue weighted by Gasteiger charge is 2.18. The van der Waals surface area contributed by atoms with Gasteiger partial charge in [0.2, 0.25) is 0 Å². The molecule has 0 atom stereocenters. The Bertz CT molecular complexity index is 596. The average molecular weight is 241 g/mol. The Balaban J connectivity index is 2.21. The van der Waals surface area contributed by atoms with Crippen molar-refractivity contribution in [3.05, 3.63) is 35.0 Å². The van der Waals surface area contributed by atoms with E-state index in [0.29, 0.717) is 0 Å². The molecule has 3 nitrogen and oxygen atoms in total. The van der Waals surface area contributed by atoms with Crippen LogP contribution in [0, 0.1) is 6.92 Å². The first kappa shape index (κ1) is 11.3. The van der Waals surface area contributed by atoms with E-state index in [1.165, 1.54) is 47.9 Å². The van der Waals surface area contributed by atoms with Gasteiger partial charge in [-0.25, -0.2) is 0 Å². The summed E-state index contributed by atoms with van der Waals surface area (Å²) in [4.78, 5) is 0. The minimum absolute atomic E-state index is 0.756. The smallest absolute Gasteiger partial charge is 0.129 e. The molecule has 0 amide bonds. The number of nitrogens with two attached hydrogens (primary N) is 1. The first-order valence-corrected chi connectivity index (χ1v) is 6.57. The molecule has 3 rings (SSSR count). The summed E-state index contributed by atoms with van der Waals surface area (Å²) in [6.45, 7) is 2.21. The molecule has 0 fully saturated rings. The van der Waals surface area contributed by atoms with Gasteiger partial charge in [0.25, 0.3) is 0 Å². The van der Waals surface area contributed by atoms with E-state index in [4.69, 9.17) is 5.73 Å². The molecular formula is C15H19N3. The normalized spacial score (nSPS) is 14.6. The summed E-state index contributed by atoms with van der Waals surface area (Å²) in [6.07, 6.45) is 6.84. The molecule has 0 spiro atoms. The first-order valence-electron chi connectivity index (χ1n) is 6.57. The summed E-state index contributed by atoms with van der Waals surface area (Å²) >= 11 is 0. The molecule has 1 aliphatic carbocycles. The van der Waals surface area contributed by atoms with E-state index in [-0.39, 0.29) is 0 Å². The molecule has 18 heavy (non-hydrogen) atoms. The summed E-state index contributed by atoms with van der Waals surface area (Å²) in [6, 6.07) is 4.42. The topological polar surface area (TPSA) is 43.8 Å². The molecule has 2 N–H and O–H groups in total. The van der Waals surface area contributed by atoms with Crippen molar-refractivity contribution in [3.63, 3.8) is 0 Å². The highest BCUT2D eigenvalue weighted by Crippen LogP contribution is 2.35. The predicted molar refractivity (Wildman–Crippen MR) is 74.4 cm³/mol. The van der Waals surface area contributed by atoms with Gasteiger partial charge in [-0.3, -0.25) is 4.68 Å². The van der Waals surface area contributed by atoms with Crippen LogP contribution in [0.1, 0.15) is 29.5 Å². The standard InChI is InChI=1S/C15H19N3/c1-10-7-8-13(12-6-4-3-5-11(10)12)14-9-17-18(2)15(14)16/h7-9H,3-6,16H2,1-2H3. The Hall–Kier alpha value is -1.77. The minimum Gasteiger partial charge on any atom is -0.383 e. The number of nitrogens with zero attached hydrogens (tertiary/aromatic N) is 2. The molecule has 1 aromatic heterocycles. The molecule has 94 valence electrons. The van der Waals surface area contributed by atoms with E-state index in [1.54, 1.807) is 4.68 Å². The highest BCUT2D eigenvalue weighted by atomic mass is 15.3. The molecule has 0 saturated carbocycles. The number of hydrogen-bond acceptors (Lipinski definition) is 2. The lowest BCUT2D eigenvalue weighted by atomic mass is 9.84. The zero-order chi connectivity index (χ0) is 12.7. The van der Waals surface area contributed by atoms with Gasteiger partial charge in [-0.1, -0.05) is 12.1 Å². The summed E-state index contributed by atoms with van der Waals surface area (Å²) < 4.78 is 1.74. The summed E-state index contributed by atoms with van der Waals surface area (Å²) in [5, 5.41) is 4.26. The van der Waals surface area contributed by atoms with E-state index < -0.39 is 0 Å². The van der Waals surface area contributed by atoms with Crippen LogP contribution in [0.25, 0.3) is 11.1 Å². The summed E-state index contributed by atoms with van der Waals surface area (Å²) in [5.74, 6) is 0.756. The molecule has 1 heterocycles. The monoisotopic (exact) mass is 241 g/mol. The largest absolute Gasteiger partial charge is 0.383 e. The third-order valence-electron chi connectivity index (χ3n) is 4.04. The third kappa shape index (κ3) is 1.62. The van der Waals surface area contributed by atoms with Crippen molar-refractivity contribution in [2.24, 2.45) is 7.05 Å². The van der Waals surface area contributed by atoms with Crippen LogP contribution in [-0.4, -0.2) is 9.78 Å². The van der Waals surface area contributed by atoms with Crippen LogP contribution in [-0.2, 0) is 19.9 Å². The van der Waals surface area contributed by atoms with Crippen LogP contribution in [0.3, 0.4) is 0 Å². The van der Waals surface area contributed by atoms with Crippen LogP contribution in [0.2, 0.25) is 0 Å². The molecule has 0 unspecified atom stereocenters. The van der Waals surface area contributed by atoms with Crippen LogP contribution in [0.15, 0.2) is 18.3 Å². The quantitative estimate of drug-likeness (QED) is 0.834. The van der Waals surface area contributed by atoms with E-state index >= 15 is 0 Å². The number of aromatic nitrogens is 2. The summed E-state index contributed by atoms with van der Waals surface area (Å²) in [7, 11) is 1.89. The van der Waals surface area contributed by atoms with Gasteiger partial charge in [0.05, 0.1) is 6.20 Å². The number of hydrogen-bond donors (Lipinski definition) is 1. The molecule has 3 heteroatoms. The van der Waals surface area contributed by atoms with Crippen molar-refractivity contribution >= 4 is 5.82 Å². The van der Waals surface area contributed by atoms with Crippen molar-refractivity contribution in [1.29, 1.82) is 0 Å². The molecular weight excluding hydrogens is 222 g/mol. The Kier molecular flexibility index (Phi) is 2.62. The van der Waals surface area contributed by atoms with Crippen molar-refractivity contribution in [2.45, 2.75) is 32.6 Å². The number of benzene rings is 1. The third-order valence-corrected chi connectivity index (χ3v) is 4.04. The first-order chi connectivity index (χ1) is 8.68. The minimum atomic E-state index is 0.756. The van der Waals surface area contributed by atoms with E-state index in [0.717, 1.165) is 11.4 Å². The van der Waals surface area contributed by atoms with Gasteiger partial charge < -0.3 is 5.73 Å². The van der Waals surface area contributed by atoms with Gasteiger partial charge in [0.15, 0.2) is 0 Å². The molecule has 0 aliphatic heterocycles. The van der Waals surface area contributed by atoms with Gasteiger partial charge in [0, 0.05) is 12.6 Å². The maximum atomic E-state index is 6.11. The molecule has 0 bridgehead atoms. The molecule has 0 radical (unpaired) electrons. The fraction of sp³-hybridized carbons (Fsp3) is 0.400.